The average Bonchev–Trinajstić information content (AvgIpc) is 3.22. The van der Waals surface area contributed by atoms with E-state index in [4.69, 9.17) is 4.42 Å². The summed E-state index contributed by atoms with van der Waals surface area (Å²) in [6.45, 7) is 2.42. The molecule has 2 aromatic heterocycles. The highest BCUT2D eigenvalue weighted by Gasteiger charge is 2.35. The highest BCUT2D eigenvalue weighted by Crippen LogP contribution is 2.40. The van der Waals surface area contributed by atoms with E-state index in [2.05, 4.69) is 16.1 Å². The molecular formula is C20H20N4O2. The van der Waals surface area contributed by atoms with Crippen molar-refractivity contribution < 1.29 is 9.21 Å². The Labute approximate surface area is 151 Å². The second-order valence-corrected chi connectivity index (χ2v) is 7.13. The van der Waals surface area contributed by atoms with Crippen molar-refractivity contribution >= 4 is 11.6 Å². The third-order valence-electron chi connectivity index (χ3n) is 5.21. The van der Waals surface area contributed by atoms with E-state index in [9.17, 15) is 4.79 Å². The molecular weight excluding hydrogens is 328 g/mol. The fraction of sp³-hybridized carbons (Fsp3) is 0.350. The van der Waals surface area contributed by atoms with Crippen molar-refractivity contribution in [2.24, 2.45) is 0 Å². The Bertz CT molecular complexity index is 956. The molecule has 1 aliphatic heterocycles. The lowest BCUT2D eigenvalue weighted by Gasteiger charge is -2.34. The Hall–Kier alpha value is -2.89. The Morgan fingerprint density at radius 3 is 2.85 bits per heavy atom. The van der Waals surface area contributed by atoms with Crippen LogP contribution in [-0.4, -0.2) is 27.2 Å². The zero-order chi connectivity index (χ0) is 17.7. The monoisotopic (exact) mass is 348 g/mol. The lowest BCUT2D eigenvalue weighted by Crippen LogP contribution is -2.41. The molecule has 1 fully saturated rings. The number of rotatable bonds is 3. The van der Waals surface area contributed by atoms with Gasteiger partial charge in [-0.1, -0.05) is 18.2 Å². The summed E-state index contributed by atoms with van der Waals surface area (Å²) in [5, 5.41) is 4.38. The van der Waals surface area contributed by atoms with Crippen LogP contribution in [0.15, 0.2) is 47.1 Å². The van der Waals surface area contributed by atoms with Crippen LogP contribution in [0.2, 0.25) is 0 Å². The first-order valence-electron chi connectivity index (χ1n) is 9.07. The van der Waals surface area contributed by atoms with Crippen LogP contribution in [-0.2, 0) is 6.42 Å². The van der Waals surface area contributed by atoms with Crippen LogP contribution in [0.3, 0.4) is 0 Å². The fourth-order valence-corrected chi connectivity index (χ4v) is 3.68. The molecule has 0 bridgehead atoms. The van der Waals surface area contributed by atoms with Crippen molar-refractivity contribution in [3.05, 3.63) is 65.6 Å². The van der Waals surface area contributed by atoms with Crippen molar-refractivity contribution in [3.8, 4) is 0 Å². The Morgan fingerprint density at radius 2 is 2.08 bits per heavy atom. The maximum atomic E-state index is 13.3. The molecule has 0 saturated heterocycles. The fourth-order valence-electron chi connectivity index (χ4n) is 3.68. The minimum Gasteiger partial charge on any atom is -0.435 e. The van der Waals surface area contributed by atoms with E-state index in [1.54, 1.807) is 6.20 Å². The third kappa shape index (κ3) is 2.53. The SMILES string of the molecule is Cc1nc(C2CC2)oc1C(=O)N1CC(n2cccn2)Cc2ccccc21. The molecule has 2 aliphatic rings. The summed E-state index contributed by atoms with van der Waals surface area (Å²) in [5.41, 5.74) is 2.77. The van der Waals surface area contributed by atoms with Crippen LogP contribution in [0.5, 0.6) is 0 Å². The maximum Gasteiger partial charge on any atom is 0.296 e. The van der Waals surface area contributed by atoms with Crippen LogP contribution in [0.1, 0.15) is 52.5 Å². The number of para-hydroxylation sites is 1. The number of aryl methyl sites for hydroxylation is 1. The molecule has 0 spiro atoms. The van der Waals surface area contributed by atoms with Crippen molar-refractivity contribution in [2.45, 2.75) is 38.1 Å². The number of oxazole rings is 1. The minimum atomic E-state index is -0.119. The van der Waals surface area contributed by atoms with Crippen LogP contribution in [0, 0.1) is 6.92 Å². The molecule has 1 aliphatic carbocycles. The van der Waals surface area contributed by atoms with Crippen molar-refractivity contribution in [3.63, 3.8) is 0 Å². The molecule has 6 heteroatoms. The van der Waals surface area contributed by atoms with Gasteiger partial charge in [0.25, 0.3) is 5.91 Å². The van der Waals surface area contributed by atoms with Gasteiger partial charge in [-0.05, 0) is 43.9 Å². The number of aromatic nitrogens is 3. The number of nitrogens with zero attached hydrogens (tertiary/aromatic N) is 4. The van der Waals surface area contributed by atoms with Gasteiger partial charge in [0.2, 0.25) is 5.76 Å². The van der Waals surface area contributed by atoms with E-state index in [1.807, 2.05) is 47.0 Å². The molecule has 1 saturated carbocycles. The van der Waals surface area contributed by atoms with Crippen molar-refractivity contribution in [1.29, 1.82) is 0 Å². The predicted molar refractivity (Wildman–Crippen MR) is 96.3 cm³/mol. The standard InChI is InChI=1S/C20H20N4O2/c1-13-18(26-19(22-13)14-7-8-14)20(25)23-12-16(24-10-4-9-21-24)11-15-5-2-3-6-17(15)23/h2-6,9-10,14,16H,7-8,11-12H2,1H3. The second kappa shape index (κ2) is 5.83. The number of carbonyl (C=O) groups is 1. The summed E-state index contributed by atoms with van der Waals surface area (Å²) in [7, 11) is 0. The van der Waals surface area contributed by atoms with Gasteiger partial charge in [-0.2, -0.15) is 5.10 Å². The summed E-state index contributed by atoms with van der Waals surface area (Å²) in [4.78, 5) is 19.6. The molecule has 1 aromatic carbocycles. The summed E-state index contributed by atoms with van der Waals surface area (Å²) in [6.07, 6.45) is 6.77. The first-order valence-corrected chi connectivity index (χ1v) is 9.07. The van der Waals surface area contributed by atoms with E-state index in [-0.39, 0.29) is 11.9 Å². The Morgan fingerprint density at radius 1 is 1.23 bits per heavy atom. The molecule has 6 nitrogen and oxygen atoms in total. The van der Waals surface area contributed by atoms with E-state index in [1.165, 1.54) is 0 Å². The summed E-state index contributed by atoms with van der Waals surface area (Å²) >= 11 is 0. The minimum absolute atomic E-state index is 0.106. The Balaban J connectivity index is 1.52. The van der Waals surface area contributed by atoms with Gasteiger partial charge in [0.1, 0.15) is 0 Å². The van der Waals surface area contributed by atoms with Gasteiger partial charge in [-0.25, -0.2) is 4.98 Å². The smallest absolute Gasteiger partial charge is 0.296 e. The lowest BCUT2D eigenvalue weighted by atomic mass is 9.97. The number of hydrogen-bond acceptors (Lipinski definition) is 4. The van der Waals surface area contributed by atoms with E-state index in [0.717, 1.165) is 30.5 Å². The predicted octanol–water partition coefficient (Wildman–Crippen LogP) is 3.50. The molecule has 1 unspecified atom stereocenters. The van der Waals surface area contributed by atoms with Crippen molar-refractivity contribution in [1.82, 2.24) is 14.8 Å². The molecule has 0 radical (unpaired) electrons. The van der Waals surface area contributed by atoms with Gasteiger partial charge >= 0.3 is 0 Å². The van der Waals surface area contributed by atoms with E-state index < -0.39 is 0 Å². The van der Waals surface area contributed by atoms with Gasteiger partial charge in [-0.3, -0.25) is 9.48 Å². The number of benzene rings is 1. The quantitative estimate of drug-likeness (QED) is 0.727. The number of fused-ring (bicyclic) bond motifs is 1. The van der Waals surface area contributed by atoms with Gasteiger partial charge < -0.3 is 9.32 Å². The zero-order valence-corrected chi connectivity index (χ0v) is 14.6. The molecule has 0 N–H and O–H groups in total. The van der Waals surface area contributed by atoms with E-state index in [0.29, 0.717) is 29.8 Å². The zero-order valence-electron chi connectivity index (χ0n) is 14.6. The third-order valence-corrected chi connectivity index (χ3v) is 5.21. The van der Waals surface area contributed by atoms with Gasteiger partial charge in [-0.15, -0.1) is 0 Å². The van der Waals surface area contributed by atoms with Crippen LogP contribution in [0.4, 0.5) is 5.69 Å². The van der Waals surface area contributed by atoms with Gasteiger partial charge in [0, 0.05) is 30.5 Å². The molecule has 1 amide bonds. The van der Waals surface area contributed by atoms with E-state index >= 15 is 0 Å². The first-order chi connectivity index (χ1) is 12.7. The van der Waals surface area contributed by atoms with Gasteiger partial charge in [0.15, 0.2) is 5.89 Å². The molecule has 1 atom stereocenters. The molecule has 3 heterocycles. The molecule has 26 heavy (non-hydrogen) atoms. The van der Waals surface area contributed by atoms with Crippen molar-refractivity contribution in [2.75, 3.05) is 11.4 Å². The largest absolute Gasteiger partial charge is 0.435 e. The summed E-state index contributed by atoms with van der Waals surface area (Å²) in [6, 6.07) is 10.1. The Kier molecular flexibility index (Phi) is 3.45. The molecule has 132 valence electrons. The number of carbonyl (C=O) groups excluding carboxylic acids is 1. The number of anilines is 1. The van der Waals surface area contributed by atoms with Crippen LogP contribution < -0.4 is 4.90 Å². The topological polar surface area (TPSA) is 64.2 Å². The lowest BCUT2D eigenvalue weighted by molar-refractivity contribution is 0.0950. The molecule has 3 aromatic rings. The number of hydrogen-bond donors (Lipinski definition) is 0. The maximum absolute atomic E-state index is 13.3. The highest BCUT2D eigenvalue weighted by atomic mass is 16.4. The second-order valence-electron chi connectivity index (χ2n) is 7.13. The molecule has 5 rings (SSSR count). The normalized spacial score (nSPS) is 19.4. The number of amides is 1. The van der Waals surface area contributed by atoms with Crippen LogP contribution in [0.25, 0.3) is 0 Å². The summed E-state index contributed by atoms with van der Waals surface area (Å²) in [5.74, 6) is 1.34. The van der Waals surface area contributed by atoms with Gasteiger partial charge in [0.05, 0.1) is 11.7 Å². The highest BCUT2D eigenvalue weighted by molar-refractivity contribution is 6.05. The average molecular weight is 348 g/mol. The summed E-state index contributed by atoms with van der Waals surface area (Å²) < 4.78 is 7.80. The first kappa shape index (κ1) is 15.4. The van der Waals surface area contributed by atoms with Crippen LogP contribution >= 0.6 is 0 Å².